The zero-order valence-electron chi connectivity index (χ0n) is 16.1. The number of hydrogen-bond acceptors (Lipinski definition) is 4. The lowest BCUT2D eigenvalue weighted by molar-refractivity contribution is -0.133. The molecule has 1 aliphatic heterocycles. The maximum Gasteiger partial charge on any atom is 0.256 e. The molecule has 0 spiro atoms. The average Bonchev–Trinajstić information content (AvgIpc) is 2.69. The Morgan fingerprint density at radius 1 is 1.07 bits per heavy atom. The summed E-state index contributed by atoms with van der Waals surface area (Å²) in [5.74, 6) is -0.812. The van der Waals surface area contributed by atoms with E-state index in [9.17, 15) is 18.8 Å². The van der Waals surface area contributed by atoms with Gasteiger partial charge in [0.1, 0.15) is 11.9 Å². The Labute approximate surface area is 162 Å². The van der Waals surface area contributed by atoms with Gasteiger partial charge in [0.25, 0.3) is 5.91 Å². The molecule has 1 atom stereocenters. The van der Waals surface area contributed by atoms with Crippen LogP contribution < -0.4 is 10.5 Å². The van der Waals surface area contributed by atoms with E-state index < -0.39 is 6.04 Å². The molecule has 0 aliphatic carbocycles. The standard InChI is InChI=1S/C20H23FN4O3/c1-22(2)20(28)17-13-24(16-7-5-15(21)6-8-16)10-11-25(17)19(27)14-4-9-18(26)23(3)12-14/h4-9,12,17H,10-11,13H2,1-3H3. The lowest BCUT2D eigenvalue weighted by Crippen LogP contribution is -2.60. The fraction of sp³-hybridized carbons (Fsp3) is 0.350. The van der Waals surface area contributed by atoms with Gasteiger partial charge in [-0.1, -0.05) is 0 Å². The third-order valence-electron chi connectivity index (χ3n) is 4.89. The summed E-state index contributed by atoms with van der Waals surface area (Å²) < 4.78 is 14.6. The summed E-state index contributed by atoms with van der Waals surface area (Å²) >= 11 is 0. The van der Waals surface area contributed by atoms with Crippen LogP contribution in [-0.4, -0.2) is 66.0 Å². The molecular formula is C20H23FN4O3. The van der Waals surface area contributed by atoms with Crippen molar-refractivity contribution >= 4 is 17.5 Å². The molecule has 0 saturated carbocycles. The van der Waals surface area contributed by atoms with E-state index in [1.54, 1.807) is 38.2 Å². The number of halogens is 1. The second-order valence-electron chi connectivity index (χ2n) is 7.04. The largest absolute Gasteiger partial charge is 0.367 e. The van der Waals surface area contributed by atoms with Crippen LogP contribution in [0, 0.1) is 5.82 Å². The predicted molar refractivity (Wildman–Crippen MR) is 104 cm³/mol. The molecule has 3 rings (SSSR count). The number of anilines is 1. The SMILES string of the molecule is CN(C)C(=O)C1CN(c2ccc(F)cc2)CCN1C(=O)c1ccc(=O)n(C)c1. The highest BCUT2D eigenvalue weighted by Crippen LogP contribution is 2.22. The van der Waals surface area contributed by atoms with Crippen LogP contribution in [0.2, 0.25) is 0 Å². The van der Waals surface area contributed by atoms with Gasteiger partial charge in [0, 0.05) is 58.7 Å². The molecule has 0 N–H and O–H groups in total. The van der Waals surface area contributed by atoms with Crippen LogP contribution in [0.5, 0.6) is 0 Å². The summed E-state index contributed by atoms with van der Waals surface area (Å²) in [7, 11) is 4.87. The third kappa shape index (κ3) is 3.90. The fourth-order valence-corrected chi connectivity index (χ4v) is 3.31. The van der Waals surface area contributed by atoms with E-state index in [0.717, 1.165) is 5.69 Å². The second kappa shape index (κ2) is 7.84. The van der Waals surface area contributed by atoms with Gasteiger partial charge in [0.2, 0.25) is 11.5 Å². The van der Waals surface area contributed by atoms with Crippen molar-refractivity contribution in [1.82, 2.24) is 14.4 Å². The number of benzene rings is 1. The Hall–Kier alpha value is -3.16. The first-order chi connectivity index (χ1) is 13.3. The van der Waals surface area contributed by atoms with Gasteiger partial charge in [0.05, 0.1) is 5.56 Å². The maximum atomic E-state index is 13.2. The number of nitrogens with zero attached hydrogens (tertiary/aromatic N) is 4. The van der Waals surface area contributed by atoms with E-state index in [-0.39, 0.29) is 23.2 Å². The third-order valence-corrected chi connectivity index (χ3v) is 4.89. The molecule has 0 radical (unpaired) electrons. The number of pyridine rings is 1. The first-order valence-corrected chi connectivity index (χ1v) is 8.97. The van der Waals surface area contributed by atoms with Gasteiger partial charge >= 0.3 is 0 Å². The van der Waals surface area contributed by atoms with Crippen molar-refractivity contribution in [2.24, 2.45) is 7.05 Å². The monoisotopic (exact) mass is 386 g/mol. The van der Waals surface area contributed by atoms with E-state index in [1.807, 2.05) is 4.90 Å². The lowest BCUT2D eigenvalue weighted by Gasteiger charge is -2.42. The van der Waals surface area contributed by atoms with Gasteiger partial charge in [0.15, 0.2) is 0 Å². The molecule has 1 unspecified atom stereocenters. The molecule has 8 heteroatoms. The van der Waals surface area contributed by atoms with Gasteiger partial charge in [-0.15, -0.1) is 0 Å². The number of carbonyl (C=O) groups excluding carboxylic acids is 2. The number of carbonyl (C=O) groups is 2. The average molecular weight is 386 g/mol. The van der Waals surface area contributed by atoms with E-state index in [2.05, 4.69) is 0 Å². The quantitative estimate of drug-likeness (QED) is 0.788. The normalized spacial score (nSPS) is 16.8. The highest BCUT2D eigenvalue weighted by Gasteiger charge is 2.36. The Morgan fingerprint density at radius 3 is 2.36 bits per heavy atom. The van der Waals surface area contributed by atoms with Crippen molar-refractivity contribution in [2.75, 3.05) is 38.6 Å². The first kappa shape index (κ1) is 19.6. The van der Waals surface area contributed by atoms with Crippen LogP contribution in [0.25, 0.3) is 0 Å². The van der Waals surface area contributed by atoms with E-state index >= 15 is 0 Å². The Bertz CT molecular complexity index is 939. The molecule has 1 aromatic carbocycles. The Balaban J connectivity index is 1.88. The van der Waals surface area contributed by atoms with E-state index in [1.165, 1.54) is 39.9 Å². The topological polar surface area (TPSA) is 65.9 Å². The molecule has 0 bridgehead atoms. The lowest BCUT2D eigenvalue weighted by atomic mass is 10.1. The summed E-state index contributed by atoms with van der Waals surface area (Å²) in [6, 6.07) is 8.21. The molecule has 2 amide bonds. The minimum Gasteiger partial charge on any atom is -0.367 e. The molecule has 7 nitrogen and oxygen atoms in total. The zero-order chi connectivity index (χ0) is 20.4. The zero-order valence-corrected chi connectivity index (χ0v) is 16.1. The van der Waals surface area contributed by atoms with Crippen LogP contribution >= 0.6 is 0 Å². The molecule has 2 heterocycles. The summed E-state index contributed by atoms with van der Waals surface area (Å²) in [5, 5.41) is 0. The molecule has 148 valence electrons. The van der Waals surface area contributed by atoms with Crippen LogP contribution in [0.4, 0.5) is 10.1 Å². The van der Waals surface area contributed by atoms with Gasteiger partial charge in [-0.2, -0.15) is 0 Å². The summed E-state index contributed by atoms with van der Waals surface area (Å²) in [6.45, 7) is 1.16. The van der Waals surface area contributed by atoms with Crippen molar-refractivity contribution in [2.45, 2.75) is 6.04 Å². The number of likely N-dealkylation sites (N-methyl/N-ethyl adjacent to an activating group) is 1. The number of amides is 2. The summed E-state index contributed by atoms with van der Waals surface area (Å²) in [4.78, 5) is 42.4. The van der Waals surface area contributed by atoms with Crippen LogP contribution in [0.3, 0.4) is 0 Å². The minimum absolute atomic E-state index is 0.190. The predicted octanol–water partition coefficient (Wildman–Crippen LogP) is 0.944. The van der Waals surface area contributed by atoms with Crippen molar-refractivity contribution in [1.29, 1.82) is 0 Å². The van der Waals surface area contributed by atoms with Gasteiger partial charge in [-0.3, -0.25) is 14.4 Å². The molecule has 1 fully saturated rings. The van der Waals surface area contributed by atoms with Crippen molar-refractivity contribution in [3.05, 3.63) is 64.3 Å². The highest BCUT2D eigenvalue weighted by molar-refractivity contribution is 5.97. The van der Waals surface area contributed by atoms with Gasteiger partial charge in [-0.05, 0) is 30.3 Å². The first-order valence-electron chi connectivity index (χ1n) is 8.97. The number of aryl methyl sites for hydroxylation is 1. The summed E-state index contributed by atoms with van der Waals surface area (Å²) in [6.07, 6.45) is 1.48. The Kier molecular flexibility index (Phi) is 5.48. The second-order valence-corrected chi connectivity index (χ2v) is 7.04. The number of hydrogen-bond donors (Lipinski definition) is 0. The molecule has 1 aromatic heterocycles. The van der Waals surface area contributed by atoms with Gasteiger partial charge in [-0.25, -0.2) is 4.39 Å². The maximum absolute atomic E-state index is 13.2. The molecule has 28 heavy (non-hydrogen) atoms. The van der Waals surface area contributed by atoms with Crippen LogP contribution in [0.15, 0.2) is 47.4 Å². The Morgan fingerprint density at radius 2 is 1.75 bits per heavy atom. The number of rotatable bonds is 3. The smallest absolute Gasteiger partial charge is 0.256 e. The van der Waals surface area contributed by atoms with E-state index in [4.69, 9.17) is 0 Å². The van der Waals surface area contributed by atoms with E-state index in [0.29, 0.717) is 25.2 Å². The highest BCUT2D eigenvalue weighted by atomic mass is 19.1. The number of piperazine rings is 1. The molecule has 1 aliphatic rings. The van der Waals surface area contributed by atoms with Crippen LogP contribution in [-0.2, 0) is 11.8 Å². The van der Waals surface area contributed by atoms with Crippen molar-refractivity contribution < 1.29 is 14.0 Å². The molecular weight excluding hydrogens is 363 g/mol. The fourth-order valence-electron chi connectivity index (χ4n) is 3.31. The van der Waals surface area contributed by atoms with Crippen LogP contribution in [0.1, 0.15) is 10.4 Å². The molecule has 1 saturated heterocycles. The number of aromatic nitrogens is 1. The summed E-state index contributed by atoms with van der Waals surface area (Å²) in [5.41, 5.74) is 0.944. The van der Waals surface area contributed by atoms with Crippen molar-refractivity contribution in [3.63, 3.8) is 0 Å². The van der Waals surface area contributed by atoms with Crippen molar-refractivity contribution in [3.8, 4) is 0 Å². The van der Waals surface area contributed by atoms with Gasteiger partial charge < -0.3 is 19.3 Å². The molecule has 2 aromatic rings. The minimum atomic E-state index is -0.682.